The number of sulfonamides is 1. The van der Waals surface area contributed by atoms with Crippen molar-refractivity contribution in [3.05, 3.63) is 29.8 Å². The Hall–Kier alpha value is -1.24. The van der Waals surface area contributed by atoms with E-state index in [9.17, 15) is 13.2 Å². The molecule has 1 saturated heterocycles. The van der Waals surface area contributed by atoms with Gasteiger partial charge in [-0.1, -0.05) is 19.1 Å². The molecule has 1 atom stereocenters. The molecule has 2 N–H and O–H groups in total. The molecule has 110 valence electrons. The van der Waals surface area contributed by atoms with Gasteiger partial charge in [-0.3, -0.25) is 4.79 Å². The van der Waals surface area contributed by atoms with Crippen molar-refractivity contribution in [2.45, 2.75) is 25.2 Å². The van der Waals surface area contributed by atoms with Gasteiger partial charge in [-0.2, -0.15) is 4.31 Å². The number of hydrogen-bond acceptors (Lipinski definition) is 4. The van der Waals surface area contributed by atoms with Crippen LogP contribution in [0.25, 0.3) is 0 Å². The number of carbonyl (C=O) groups excluding carboxylic acids is 1. The van der Waals surface area contributed by atoms with Crippen molar-refractivity contribution in [2.24, 2.45) is 11.1 Å². The Labute approximate surface area is 119 Å². The molecule has 0 bridgehead atoms. The molecule has 6 heteroatoms. The first kappa shape index (κ1) is 15.2. The lowest BCUT2D eigenvalue weighted by Gasteiger charge is -2.22. The number of ketones is 1. The standard InChI is InChI=1S/C14H20N2O3S/c1-11(17)12-4-3-5-13(8-12)20(18,19)16-7-6-14(2,9-15)10-16/h3-5,8H,6-7,9-10,15H2,1-2H3. The topological polar surface area (TPSA) is 80.5 Å². The van der Waals surface area contributed by atoms with Gasteiger partial charge in [-0.25, -0.2) is 8.42 Å². The van der Waals surface area contributed by atoms with Gasteiger partial charge in [0, 0.05) is 18.7 Å². The number of nitrogens with two attached hydrogens (primary N) is 1. The summed E-state index contributed by atoms with van der Waals surface area (Å²) in [5.74, 6) is -0.143. The lowest BCUT2D eigenvalue weighted by Crippen LogP contribution is -2.34. The minimum absolute atomic E-state index is 0.143. The van der Waals surface area contributed by atoms with E-state index in [4.69, 9.17) is 5.73 Å². The van der Waals surface area contributed by atoms with Crippen molar-refractivity contribution >= 4 is 15.8 Å². The zero-order valence-corrected chi connectivity index (χ0v) is 12.6. The van der Waals surface area contributed by atoms with Gasteiger partial charge in [0.25, 0.3) is 0 Å². The minimum Gasteiger partial charge on any atom is -0.330 e. The van der Waals surface area contributed by atoms with Gasteiger partial charge in [0.1, 0.15) is 0 Å². The largest absolute Gasteiger partial charge is 0.330 e. The number of hydrogen-bond donors (Lipinski definition) is 1. The smallest absolute Gasteiger partial charge is 0.243 e. The molecule has 0 radical (unpaired) electrons. The van der Waals surface area contributed by atoms with Crippen LogP contribution in [-0.2, 0) is 10.0 Å². The lowest BCUT2D eigenvalue weighted by atomic mass is 9.90. The molecule has 0 aromatic heterocycles. The molecule has 20 heavy (non-hydrogen) atoms. The zero-order valence-electron chi connectivity index (χ0n) is 11.8. The molecule has 1 heterocycles. The lowest BCUT2D eigenvalue weighted by molar-refractivity contribution is 0.101. The van der Waals surface area contributed by atoms with E-state index in [1.54, 1.807) is 12.1 Å². The molecule has 0 amide bonds. The van der Waals surface area contributed by atoms with Gasteiger partial charge in [0.05, 0.1) is 4.90 Å². The monoisotopic (exact) mass is 296 g/mol. The van der Waals surface area contributed by atoms with Gasteiger partial charge < -0.3 is 5.73 Å². The molecule has 0 saturated carbocycles. The van der Waals surface area contributed by atoms with Crippen molar-refractivity contribution in [3.63, 3.8) is 0 Å². The molecule has 1 unspecified atom stereocenters. The van der Waals surface area contributed by atoms with Crippen LogP contribution in [0.2, 0.25) is 0 Å². The molecule has 1 aromatic rings. The average Bonchev–Trinajstić information content (AvgIpc) is 2.83. The Morgan fingerprint density at radius 2 is 2.15 bits per heavy atom. The van der Waals surface area contributed by atoms with Crippen LogP contribution in [-0.4, -0.2) is 38.1 Å². The van der Waals surface area contributed by atoms with E-state index >= 15 is 0 Å². The van der Waals surface area contributed by atoms with Gasteiger partial charge in [0.15, 0.2) is 5.78 Å². The molecule has 2 rings (SSSR count). The van der Waals surface area contributed by atoms with Gasteiger partial charge in [-0.05, 0) is 37.4 Å². The van der Waals surface area contributed by atoms with E-state index in [-0.39, 0.29) is 16.1 Å². The van der Waals surface area contributed by atoms with E-state index in [1.165, 1.54) is 23.4 Å². The van der Waals surface area contributed by atoms with Crippen LogP contribution >= 0.6 is 0 Å². The highest BCUT2D eigenvalue weighted by molar-refractivity contribution is 7.89. The molecule has 1 aliphatic rings. The summed E-state index contributed by atoms with van der Waals surface area (Å²) in [4.78, 5) is 11.5. The molecular weight excluding hydrogens is 276 g/mol. The van der Waals surface area contributed by atoms with Crippen LogP contribution in [0.15, 0.2) is 29.2 Å². The maximum atomic E-state index is 12.6. The van der Waals surface area contributed by atoms with Crippen molar-refractivity contribution in [2.75, 3.05) is 19.6 Å². The number of carbonyl (C=O) groups is 1. The summed E-state index contributed by atoms with van der Waals surface area (Å²) in [6.07, 6.45) is 0.759. The highest BCUT2D eigenvalue weighted by Crippen LogP contribution is 2.32. The predicted octanol–water partition coefficient (Wildman–Crippen LogP) is 1.25. The van der Waals surface area contributed by atoms with Gasteiger partial charge in [-0.15, -0.1) is 0 Å². The van der Waals surface area contributed by atoms with E-state index < -0.39 is 10.0 Å². The molecule has 5 nitrogen and oxygen atoms in total. The third kappa shape index (κ3) is 2.77. The zero-order chi connectivity index (χ0) is 15.0. The molecule has 1 aromatic carbocycles. The fraction of sp³-hybridized carbons (Fsp3) is 0.500. The SMILES string of the molecule is CC(=O)c1cccc(S(=O)(=O)N2CCC(C)(CN)C2)c1. The van der Waals surface area contributed by atoms with Crippen LogP contribution < -0.4 is 5.73 Å². The minimum atomic E-state index is -3.55. The van der Waals surface area contributed by atoms with E-state index in [1.807, 2.05) is 6.92 Å². The third-order valence-corrected chi connectivity index (χ3v) is 5.74. The number of benzene rings is 1. The first-order valence-electron chi connectivity index (χ1n) is 6.60. The molecular formula is C14H20N2O3S. The second-order valence-corrected chi connectivity index (χ2v) is 7.63. The summed E-state index contributed by atoms with van der Waals surface area (Å²) in [5.41, 5.74) is 5.96. The van der Waals surface area contributed by atoms with Crippen LogP contribution in [0.3, 0.4) is 0 Å². The second kappa shape index (κ2) is 5.27. The van der Waals surface area contributed by atoms with E-state index in [0.717, 1.165) is 6.42 Å². The Balaban J connectivity index is 2.32. The maximum Gasteiger partial charge on any atom is 0.243 e. The number of Topliss-reactive ketones (excluding diaryl/α,β-unsaturated/α-hetero) is 1. The Bertz CT molecular complexity index is 627. The summed E-state index contributed by atoms with van der Waals surface area (Å²) < 4.78 is 26.6. The average molecular weight is 296 g/mol. The number of rotatable bonds is 4. The van der Waals surface area contributed by atoms with E-state index in [0.29, 0.717) is 25.2 Å². The summed E-state index contributed by atoms with van der Waals surface area (Å²) in [6, 6.07) is 6.19. The third-order valence-electron chi connectivity index (χ3n) is 3.89. The Kier molecular flexibility index (Phi) is 4.00. The summed E-state index contributed by atoms with van der Waals surface area (Å²) in [5, 5.41) is 0. The Morgan fingerprint density at radius 3 is 2.70 bits per heavy atom. The molecule has 1 fully saturated rings. The first-order valence-corrected chi connectivity index (χ1v) is 8.04. The normalized spacial score (nSPS) is 23.9. The maximum absolute atomic E-state index is 12.6. The predicted molar refractivity (Wildman–Crippen MR) is 77.0 cm³/mol. The highest BCUT2D eigenvalue weighted by Gasteiger charge is 2.39. The van der Waals surface area contributed by atoms with Crippen LogP contribution in [0.4, 0.5) is 0 Å². The first-order chi connectivity index (χ1) is 9.28. The van der Waals surface area contributed by atoms with Crippen LogP contribution in [0.5, 0.6) is 0 Å². The molecule has 0 spiro atoms. The molecule has 0 aliphatic carbocycles. The Morgan fingerprint density at radius 1 is 1.45 bits per heavy atom. The van der Waals surface area contributed by atoms with Crippen molar-refractivity contribution in [1.29, 1.82) is 0 Å². The number of nitrogens with zero attached hydrogens (tertiary/aromatic N) is 1. The van der Waals surface area contributed by atoms with Crippen molar-refractivity contribution in [3.8, 4) is 0 Å². The second-order valence-electron chi connectivity index (χ2n) is 5.69. The fourth-order valence-electron chi connectivity index (χ4n) is 2.37. The quantitative estimate of drug-likeness (QED) is 0.848. The summed E-state index contributed by atoms with van der Waals surface area (Å²) in [7, 11) is -3.55. The van der Waals surface area contributed by atoms with Gasteiger partial charge >= 0.3 is 0 Å². The van der Waals surface area contributed by atoms with Crippen LogP contribution in [0, 0.1) is 5.41 Å². The van der Waals surface area contributed by atoms with Crippen LogP contribution in [0.1, 0.15) is 30.6 Å². The fourth-order valence-corrected chi connectivity index (χ4v) is 4.01. The van der Waals surface area contributed by atoms with Gasteiger partial charge in [0.2, 0.25) is 10.0 Å². The van der Waals surface area contributed by atoms with Crippen molar-refractivity contribution in [1.82, 2.24) is 4.31 Å². The summed E-state index contributed by atoms with van der Waals surface area (Å²) >= 11 is 0. The molecule has 1 aliphatic heterocycles. The van der Waals surface area contributed by atoms with Crippen molar-refractivity contribution < 1.29 is 13.2 Å². The van der Waals surface area contributed by atoms with E-state index in [2.05, 4.69) is 0 Å². The summed E-state index contributed by atoms with van der Waals surface area (Å²) in [6.45, 7) is 4.78. The highest BCUT2D eigenvalue weighted by atomic mass is 32.2.